The fourth-order valence-electron chi connectivity index (χ4n) is 1.94. The van der Waals surface area contributed by atoms with E-state index in [1.54, 1.807) is 0 Å². The summed E-state index contributed by atoms with van der Waals surface area (Å²) < 4.78 is 5.71. The number of ether oxygens (including phenoxy) is 1. The quantitative estimate of drug-likeness (QED) is 0.858. The van der Waals surface area contributed by atoms with E-state index in [9.17, 15) is 0 Å². The number of hydrogen-bond donors (Lipinski definition) is 1. The van der Waals surface area contributed by atoms with Gasteiger partial charge in [0.2, 0.25) is 0 Å². The van der Waals surface area contributed by atoms with Gasteiger partial charge < -0.3 is 10.5 Å². The molecule has 0 aliphatic carbocycles. The van der Waals surface area contributed by atoms with Crippen LogP contribution in [0.4, 0.5) is 0 Å². The monoisotopic (exact) mass is 255 g/mol. The Hall–Kier alpha value is -1.64. The van der Waals surface area contributed by atoms with Gasteiger partial charge in [0, 0.05) is 0 Å². The van der Waals surface area contributed by atoms with Crippen LogP contribution in [0.1, 0.15) is 29.5 Å². The predicted molar refractivity (Wildman–Crippen MR) is 78.8 cm³/mol. The third-order valence-electron chi connectivity index (χ3n) is 3.28. The van der Waals surface area contributed by atoms with E-state index in [0.717, 1.165) is 0 Å². The van der Waals surface area contributed by atoms with Crippen molar-refractivity contribution in [2.24, 2.45) is 5.73 Å². The molecule has 0 saturated carbocycles. The molecular formula is C17H21NO. The first-order chi connectivity index (χ1) is 9.29. The molecule has 0 fully saturated rings. The van der Waals surface area contributed by atoms with E-state index < -0.39 is 0 Å². The van der Waals surface area contributed by atoms with Crippen LogP contribution in [-0.2, 0) is 18.0 Å². The average molecular weight is 255 g/mol. The van der Waals surface area contributed by atoms with Crippen LogP contribution in [0.25, 0.3) is 0 Å². The highest BCUT2D eigenvalue weighted by Crippen LogP contribution is 2.15. The van der Waals surface area contributed by atoms with Crippen LogP contribution >= 0.6 is 0 Å². The third kappa shape index (κ3) is 4.19. The Morgan fingerprint density at radius 1 is 0.895 bits per heavy atom. The van der Waals surface area contributed by atoms with Gasteiger partial charge in [-0.15, -0.1) is 0 Å². The standard InChI is InChI=1S/C17H21NO/c1-14(11-18)17-9-7-16(8-10-17)13-19-12-15-5-3-2-4-6-15/h2-10,14H,11-13,18H2,1H3. The van der Waals surface area contributed by atoms with E-state index in [2.05, 4.69) is 43.3 Å². The zero-order valence-corrected chi connectivity index (χ0v) is 11.4. The molecule has 1 atom stereocenters. The second kappa shape index (κ2) is 7.07. The van der Waals surface area contributed by atoms with Crippen molar-refractivity contribution in [2.75, 3.05) is 6.54 Å². The first-order valence-electron chi connectivity index (χ1n) is 6.70. The fourth-order valence-corrected chi connectivity index (χ4v) is 1.94. The van der Waals surface area contributed by atoms with Crippen LogP contribution in [0.5, 0.6) is 0 Å². The van der Waals surface area contributed by atoms with Crippen molar-refractivity contribution in [3.8, 4) is 0 Å². The molecule has 0 spiro atoms. The molecule has 2 rings (SSSR count). The minimum atomic E-state index is 0.416. The van der Waals surface area contributed by atoms with Gasteiger partial charge in [-0.2, -0.15) is 0 Å². The smallest absolute Gasteiger partial charge is 0.0721 e. The molecule has 2 aromatic carbocycles. The van der Waals surface area contributed by atoms with Gasteiger partial charge in [-0.3, -0.25) is 0 Å². The van der Waals surface area contributed by atoms with Gasteiger partial charge in [-0.05, 0) is 29.2 Å². The third-order valence-corrected chi connectivity index (χ3v) is 3.28. The fraction of sp³-hybridized carbons (Fsp3) is 0.294. The predicted octanol–water partition coefficient (Wildman–Crippen LogP) is 3.47. The molecule has 0 heterocycles. The van der Waals surface area contributed by atoms with Gasteiger partial charge in [0.25, 0.3) is 0 Å². The summed E-state index contributed by atoms with van der Waals surface area (Å²) in [4.78, 5) is 0. The summed E-state index contributed by atoms with van der Waals surface area (Å²) in [7, 11) is 0. The molecule has 19 heavy (non-hydrogen) atoms. The Bertz CT molecular complexity index is 478. The number of benzene rings is 2. The molecule has 0 bridgehead atoms. The maximum Gasteiger partial charge on any atom is 0.0721 e. The van der Waals surface area contributed by atoms with Crippen molar-refractivity contribution in [3.05, 3.63) is 71.3 Å². The van der Waals surface area contributed by atoms with Crippen molar-refractivity contribution >= 4 is 0 Å². The molecule has 0 aromatic heterocycles. The summed E-state index contributed by atoms with van der Waals surface area (Å²) in [5, 5.41) is 0. The van der Waals surface area contributed by atoms with Crippen molar-refractivity contribution in [3.63, 3.8) is 0 Å². The molecule has 2 heteroatoms. The molecule has 100 valence electrons. The molecule has 0 saturated heterocycles. The summed E-state index contributed by atoms with van der Waals surface area (Å²) in [6, 6.07) is 18.7. The molecule has 0 aliphatic rings. The van der Waals surface area contributed by atoms with Crippen molar-refractivity contribution in [1.82, 2.24) is 0 Å². The highest BCUT2D eigenvalue weighted by molar-refractivity contribution is 5.25. The number of rotatable bonds is 6. The van der Waals surface area contributed by atoms with Crippen LogP contribution in [0.15, 0.2) is 54.6 Å². The molecule has 2 aromatic rings. The summed E-state index contributed by atoms with van der Waals surface area (Å²) in [5.74, 6) is 0.416. The van der Waals surface area contributed by atoms with E-state index in [1.807, 2.05) is 18.2 Å². The highest BCUT2D eigenvalue weighted by atomic mass is 16.5. The lowest BCUT2D eigenvalue weighted by atomic mass is 10.0. The lowest BCUT2D eigenvalue weighted by molar-refractivity contribution is 0.107. The minimum Gasteiger partial charge on any atom is -0.372 e. The molecule has 2 N–H and O–H groups in total. The van der Waals surface area contributed by atoms with E-state index in [4.69, 9.17) is 10.5 Å². The lowest BCUT2D eigenvalue weighted by Crippen LogP contribution is -2.08. The Labute approximate surface area is 115 Å². The van der Waals surface area contributed by atoms with Gasteiger partial charge in [0.05, 0.1) is 13.2 Å². The first-order valence-corrected chi connectivity index (χ1v) is 6.70. The zero-order valence-electron chi connectivity index (χ0n) is 11.4. The zero-order chi connectivity index (χ0) is 13.5. The average Bonchev–Trinajstić information content (AvgIpc) is 2.48. The molecule has 0 amide bonds. The van der Waals surface area contributed by atoms with E-state index >= 15 is 0 Å². The maximum absolute atomic E-state index is 5.71. The van der Waals surface area contributed by atoms with Crippen molar-refractivity contribution in [2.45, 2.75) is 26.1 Å². The number of hydrogen-bond acceptors (Lipinski definition) is 2. The maximum atomic E-state index is 5.71. The molecule has 0 aliphatic heterocycles. The largest absolute Gasteiger partial charge is 0.372 e. The minimum absolute atomic E-state index is 0.416. The van der Waals surface area contributed by atoms with Crippen LogP contribution in [0, 0.1) is 0 Å². The molecule has 1 unspecified atom stereocenters. The summed E-state index contributed by atoms with van der Waals surface area (Å²) in [6.07, 6.45) is 0. The highest BCUT2D eigenvalue weighted by Gasteiger charge is 2.02. The Kier molecular flexibility index (Phi) is 5.13. The van der Waals surface area contributed by atoms with Crippen LogP contribution < -0.4 is 5.73 Å². The summed E-state index contributed by atoms with van der Waals surface area (Å²) >= 11 is 0. The van der Waals surface area contributed by atoms with Gasteiger partial charge in [0.15, 0.2) is 0 Å². The van der Waals surface area contributed by atoms with Gasteiger partial charge >= 0.3 is 0 Å². The molecule has 2 nitrogen and oxygen atoms in total. The molecular weight excluding hydrogens is 234 g/mol. The van der Waals surface area contributed by atoms with Crippen LogP contribution in [-0.4, -0.2) is 6.54 Å². The van der Waals surface area contributed by atoms with Crippen LogP contribution in [0.2, 0.25) is 0 Å². The summed E-state index contributed by atoms with van der Waals surface area (Å²) in [5.41, 5.74) is 9.35. The van der Waals surface area contributed by atoms with Gasteiger partial charge in [-0.25, -0.2) is 0 Å². The lowest BCUT2D eigenvalue weighted by Gasteiger charge is -2.10. The first kappa shape index (κ1) is 13.8. The Balaban J connectivity index is 1.83. The van der Waals surface area contributed by atoms with Crippen LogP contribution in [0.3, 0.4) is 0 Å². The van der Waals surface area contributed by atoms with E-state index in [0.29, 0.717) is 25.7 Å². The topological polar surface area (TPSA) is 35.2 Å². The SMILES string of the molecule is CC(CN)c1ccc(COCc2ccccc2)cc1. The van der Waals surface area contributed by atoms with Crippen molar-refractivity contribution in [1.29, 1.82) is 0 Å². The second-order valence-electron chi connectivity index (χ2n) is 4.86. The Morgan fingerprint density at radius 3 is 2.05 bits per heavy atom. The second-order valence-corrected chi connectivity index (χ2v) is 4.86. The Morgan fingerprint density at radius 2 is 1.47 bits per heavy atom. The van der Waals surface area contributed by atoms with E-state index in [-0.39, 0.29) is 0 Å². The normalized spacial score (nSPS) is 12.3. The van der Waals surface area contributed by atoms with E-state index in [1.165, 1.54) is 16.7 Å². The van der Waals surface area contributed by atoms with Crippen molar-refractivity contribution < 1.29 is 4.74 Å². The number of nitrogens with two attached hydrogens (primary N) is 1. The van der Waals surface area contributed by atoms with Gasteiger partial charge in [-0.1, -0.05) is 61.5 Å². The van der Waals surface area contributed by atoms with Gasteiger partial charge in [0.1, 0.15) is 0 Å². The molecule has 0 radical (unpaired) electrons. The summed E-state index contributed by atoms with van der Waals surface area (Å²) in [6.45, 7) is 4.12.